The second-order valence-electron chi connectivity index (χ2n) is 7.03. The van der Waals surface area contributed by atoms with Crippen LogP contribution in [0.3, 0.4) is 0 Å². The number of H-pyrrole nitrogens is 1. The maximum absolute atomic E-state index is 13.1. The third-order valence-corrected chi connectivity index (χ3v) is 4.81. The maximum atomic E-state index is 13.1. The normalized spacial score (nSPS) is 16.9. The summed E-state index contributed by atoms with van der Waals surface area (Å²) in [5, 5.41) is 6.78. The van der Waals surface area contributed by atoms with Gasteiger partial charge in [-0.1, -0.05) is 0 Å². The van der Waals surface area contributed by atoms with Crippen LogP contribution < -0.4 is 4.74 Å². The number of piperidine rings is 1. The highest BCUT2D eigenvalue weighted by molar-refractivity contribution is 5.93. The molecule has 2 aromatic heterocycles. The SMILES string of the molecule is O=C(c1cc(-c2ccc(F)cc2)n[nH]1)N1CCCC(Oc2nccc(C(F)(F)F)n2)C1. The van der Waals surface area contributed by atoms with Crippen molar-refractivity contribution in [1.29, 1.82) is 0 Å². The van der Waals surface area contributed by atoms with Crippen molar-refractivity contribution in [2.45, 2.75) is 25.1 Å². The molecular weight excluding hydrogens is 418 g/mol. The van der Waals surface area contributed by atoms with Gasteiger partial charge in [-0.25, -0.2) is 9.37 Å². The van der Waals surface area contributed by atoms with E-state index in [1.165, 1.54) is 17.0 Å². The molecule has 3 heterocycles. The lowest BCUT2D eigenvalue weighted by Crippen LogP contribution is -2.44. The van der Waals surface area contributed by atoms with Gasteiger partial charge in [0.2, 0.25) is 0 Å². The van der Waals surface area contributed by atoms with Gasteiger partial charge in [-0.2, -0.15) is 23.3 Å². The van der Waals surface area contributed by atoms with E-state index in [0.717, 1.165) is 12.3 Å². The number of hydrogen-bond acceptors (Lipinski definition) is 5. The van der Waals surface area contributed by atoms with Crippen molar-refractivity contribution < 1.29 is 27.1 Å². The largest absolute Gasteiger partial charge is 0.458 e. The highest BCUT2D eigenvalue weighted by Crippen LogP contribution is 2.28. The lowest BCUT2D eigenvalue weighted by atomic mass is 10.1. The molecule has 1 amide bonds. The molecule has 1 N–H and O–H groups in total. The smallest absolute Gasteiger partial charge is 0.433 e. The van der Waals surface area contributed by atoms with E-state index in [1.54, 1.807) is 18.2 Å². The van der Waals surface area contributed by atoms with Crippen molar-refractivity contribution in [3.05, 3.63) is 59.8 Å². The van der Waals surface area contributed by atoms with Crippen LogP contribution in [0.4, 0.5) is 17.6 Å². The number of likely N-dealkylation sites (tertiary alicyclic amines) is 1. The quantitative estimate of drug-likeness (QED) is 0.632. The van der Waals surface area contributed by atoms with E-state index in [1.807, 2.05) is 0 Å². The molecule has 0 bridgehead atoms. The molecule has 1 aliphatic heterocycles. The number of rotatable bonds is 4. The minimum absolute atomic E-state index is 0.170. The summed E-state index contributed by atoms with van der Waals surface area (Å²) in [5.74, 6) is -0.696. The van der Waals surface area contributed by atoms with E-state index in [9.17, 15) is 22.4 Å². The van der Waals surface area contributed by atoms with Crippen molar-refractivity contribution in [1.82, 2.24) is 25.1 Å². The van der Waals surface area contributed by atoms with Crippen molar-refractivity contribution in [2.24, 2.45) is 0 Å². The van der Waals surface area contributed by atoms with Gasteiger partial charge >= 0.3 is 12.2 Å². The molecule has 31 heavy (non-hydrogen) atoms. The molecule has 162 valence electrons. The fourth-order valence-electron chi connectivity index (χ4n) is 3.29. The Morgan fingerprint density at radius 1 is 1.19 bits per heavy atom. The Hall–Kier alpha value is -3.50. The number of amides is 1. The van der Waals surface area contributed by atoms with E-state index in [-0.39, 0.29) is 30.0 Å². The Morgan fingerprint density at radius 3 is 2.71 bits per heavy atom. The van der Waals surface area contributed by atoms with Gasteiger partial charge in [-0.05, 0) is 49.2 Å². The van der Waals surface area contributed by atoms with Gasteiger partial charge in [0.15, 0.2) is 5.69 Å². The molecule has 4 rings (SSSR count). The zero-order valence-electron chi connectivity index (χ0n) is 16.1. The van der Waals surface area contributed by atoms with Crippen LogP contribution >= 0.6 is 0 Å². The number of carbonyl (C=O) groups is 1. The molecule has 7 nitrogen and oxygen atoms in total. The lowest BCUT2D eigenvalue weighted by molar-refractivity contribution is -0.141. The molecule has 0 aliphatic carbocycles. The highest BCUT2D eigenvalue weighted by Gasteiger charge is 2.34. The van der Waals surface area contributed by atoms with Gasteiger partial charge in [0.1, 0.15) is 17.6 Å². The van der Waals surface area contributed by atoms with E-state index >= 15 is 0 Å². The maximum Gasteiger partial charge on any atom is 0.433 e. The van der Waals surface area contributed by atoms with Crippen molar-refractivity contribution in [3.8, 4) is 17.3 Å². The molecule has 1 unspecified atom stereocenters. The van der Waals surface area contributed by atoms with Gasteiger partial charge in [0.05, 0.1) is 12.2 Å². The summed E-state index contributed by atoms with van der Waals surface area (Å²) in [6.07, 6.45) is -3.00. The van der Waals surface area contributed by atoms with Gasteiger partial charge in [0, 0.05) is 18.3 Å². The Kier molecular flexibility index (Phi) is 5.57. The van der Waals surface area contributed by atoms with Gasteiger partial charge in [0.25, 0.3) is 5.91 Å². The number of alkyl halides is 3. The predicted molar refractivity (Wildman–Crippen MR) is 101 cm³/mol. The van der Waals surface area contributed by atoms with Gasteiger partial charge in [-0.15, -0.1) is 0 Å². The summed E-state index contributed by atoms with van der Waals surface area (Å²) >= 11 is 0. The number of benzene rings is 1. The molecule has 1 fully saturated rings. The average Bonchev–Trinajstić information content (AvgIpc) is 3.24. The molecule has 1 aromatic carbocycles. The number of aromatic amines is 1. The molecule has 11 heteroatoms. The molecular formula is C20H17F4N5O2. The summed E-state index contributed by atoms with van der Waals surface area (Å²) in [6.45, 7) is 0.635. The fraction of sp³-hybridized carbons (Fsp3) is 0.300. The summed E-state index contributed by atoms with van der Waals surface area (Å²) in [7, 11) is 0. The first-order valence-electron chi connectivity index (χ1n) is 9.47. The molecule has 1 aliphatic rings. The number of aromatic nitrogens is 4. The van der Waals surface area contributed by atoms with Crippen LogP contribution in [0, 0.1) is 5.82 Å². The third kappa shape index (κ3) is 4.81. The first-order chi connectivity index (χ1) is 14.8. The molecule has 0 spiro atoms. The third-order valence-electron chi connectivity index (χ3n) is 4.81. The Bertz CT molecular complexity index is 1070. The summed E-state index contributed by atoms with van der Waals surface area (Å²) in [5.41, 5.74) is 0.297. The average molecular weight is 435 g/mol. The van der Waals surface area contributed by atoms with E-state index in [2.05, 4.69) is 20.2 Å². The molecule has 0 saturated carbocycles. The van der Waals surface area contributed by atoms with Gasteiger partial charge < -0.3 is 9.64 Å². The van der Waals surface area contributed by atoms with E-state index in [4.69, 9.17) is 4.74 Å². The number of nitrogens with one attached hydrogen (secondary N) is 1. The Balaban J connectivity index is 1.43. The first-order valence-corrected chi connectivity index (χ1v) is 9.47. The van der Waals surface area contributed by atoms with Crippen LogP contribution in [0.15, 0.2) is 42.6 Å². The highest BCUT2D eigenvalue weighted by atomic mass is 19.4. The minimum atomic E-state index is -4.60. The van der Waals surface area contributed by atoms with Crippen LogP contribution in [-0.4, -0.2) is 50.2 Å². The van der Waals surface area contributed by atoms with Crippen LogP contribution in [0.25, 0.3) is 11.3 Å². The molecule has 1 atom stereocenters. The van der Waals surface area contributed by atoms with Crippen LogP contribution in [0.1, 0.15) is 29.0 Å². The summed E-state index contributed by atoms with van der Waals surface area (Å²) < 4.78 is 57.1. The topological polar surface area (TPSA) is 84.0 Å². The number of hydrogen-bond donors (Lipinski definition) is 1. The van der Waals surface area contributed by atoms with Crippen LogP contribution in [-0.2, 0) is 6.18 Å². The Labute approximate surface area is 174 Å². The second-order valence-corrected chi connectivity index (χ2v) is 7.03. The molecule has 0 radical (unpaired) electrons. The second kappa shape index (κ2) is 8.32. The number of ether oxygens (including phenoxy) is 1. The fourth-order valence-corrected chi connectivity index (χ4v) is 3.29. The number of halogens is 4. The zero-order chi connectivity index (χ0) is 22.0. The summed E-state index contributed by atoms with van der Waals surface area (Å²) in [4.78, 5) is 21.5. The summed E-state index contributed by atoms with van der Waals surface area (Å²) in [6, 6.07) is 7.66. The first kappa shape index (κ1) is 20.8. The van der Waals surface area contributed by atoms with Crippen LogP contribution in [0.5, 0.6) is 6.01 Å². The van der Waals surface area contributed by atoms with Crippen molar-refractivity contribution in [3.63, 3.8) is 0 Å². The lowest BCUT2D eigenvalue weighted by Gasteiger charge is -2.32. The molecule has 1 saturated heterocycles. The monoisotopic (exact) mass is 435 g/mol. The van der Waals surface area contributed by atoms with Crippen molar-refractivity contribution >= 4 is 5.91 Å². The molecule has 3 aromatic rings. The van der Waals surface area contributed by atoms with Crippen LogP contribution in [0.2, 0.25) is 0 Å². The van der Waals surface area contributed by atoms with Crippen molar-refractivity contribution in [2.75, 3.05) is 13.1 Å². The van der Waals surface area contributed by atoms with Gasteiger partial charge in [-0.3, -0.25) is 9.89 Å². The van der Waals surface area contributed by atoms with E-state index < -0.39 is 18.0 Å². The standard InChI is InChI=1S/C20H17F4N5O2/c21-13-5-3-12(4-6-13)15-10-16(28-27-15)18(30)29-9-1-2-14(11-29)31-19-25-8-7-17(26-19)20(22,23)24/h3-8,10,14H,1-2,9,11H2,(H,27,28). The number of carbonyl (C=O) groups excluding carboxylic acids is 1. The zero-order valence-corrected chi connectivity index (χ0v) is 16.1. The minimum Gasteiger partial charge on any atom is -0.458 e. The number of nitrogens with zero attached hydrogens (tertiary/aromatic N) is 4. The Morgan fingerprint density at radius 2 is 1.97 bits per heavy atom. The predicted octanol–water partition coefficient (Wildman–Crippen LogP) is 3.71. The van der Waals surface area contributed by atoms with E-state index in [0.29, 0.717) is 30.6 Å².